The quantitative estimate of drug-likeness (QED) is 0.749. The molecule has 0 aromatic carbocycles. The highest BCUT2D eigenvalue weighted by atomic mass is 32.2. The van der Waals surface area contributed by atoms with Crippen LogP contribution in [0.4, 0.5) is 0 Å². The van der Waals surface area contributed by atoms with E-state index < -0.39 is 0 Å². The Morgan fingerprint density at radius 2 is 2.06 bits per heavy atom. The Bertz CT molecular complexity index is 235. The molecule has 0 amide bonds. The van der Waals surface area contributed by atoms with Crippen LogP contribution in [0.5, 0.6) is 0 Å². The third-order valence-electron chi connectivity index (χ3n) is 3.39. The van der Waals surface area contributed by atoms with Crippen molar-refractivity contribution in [3.63, 3.8) is 0 Å². The zero-order chi connectivity index (χ0) is 11.4. The molecule has 2 saturated heterocycles. The molecular weight excluding hydrogens is 222 g/mol. The summed E-state index contributed by atoms with van der Waals surface area (Å²) in [6.07, 6.45) is 5.82. The van der Waals surface area contributed by atoms with Crippen molar-refractivity contribution in [3.8, 4) is 0 Å². The number of piperidine rings is 1. The summed E-state index contributed by atoms with van der Waals surface area (Å²) >= 11 is 1.96. The Hall–Kier alpha value is -0.220. The highest BCUT2D eigenvalue weighted by Gasteiger charge is 2.33. The molecule has 16 heavy (non-hydrogen) atoms. The largest absolute Gasteiger partial charge is 0.466 e. The van der Waals surface area contributed by atoms with Crippen molar-refractivity contribution in [1.82, 2.24) is 5.32 Å². The predicted molar refractivity (Wildman–Crippen MR) is 66.7 cm³/mol. The van der Waals surface area contributed by atoms with Gasteiger partial charge in [-0.15, -0.1) is 0 Å². The highest BCUT2D eigenvalue weighted by Crippen LogP contribution is 2.33. The van der Waals surface area contributed by atoms with Crippen LogP contribution in [0, 0.1) is 0 Å². The lowest BCUT2D eigenvalue weighted by Crippen LogP contribution is -2.39. The van der Waals surface area contributed by atoms with Crippen LogP contribution in [0.1, 0.15) is 39.0 Å². The van der Waals surface area contributed by atoms with Crippen molar-refractivity contribution in [2.45, 2.75) is 56.4 Å². The Morgan fingerprint density at radius 1 is 1.38 bits per heavy atom. The molecule has 2 fully saturated rings. The number of hydrogen-bond donors (Lipinski definition) is 1. The van der Waals surface area contributed by atoms with E-state index in [0.717, 1.165) is 23.1 Å². The number of ether oxygens (including phenoxy) is 1. The van der Waals surface area contributed by atoms with Crippen LogP contribution < -0.4 is 5.32 Å². The zero-order valence-electron chi connectivity index (χ0n) is 9.91. The topological polar surface area (TPSA) is 38.3 Å². The highest BCUT2D eigenvalue weighted by molar-refractivity contribution is 7.99. The average Bonchev–Trinajstić information content (AvgIpc) is 2.59. The fourth-order valence-corrected chi connectivity index (χ4v) is 4.04. The third-order valence-corrected chi connectivity index (χ3v) is 4.69. The zero-order valence-corrected chi connectivity index (χ0v) is 10.7. The van der Waals surface area contributed by atoms with Gasteiger partial charge >= 0.3 is 5.97 Å². The molecule has 92 valence electrons. The lowest BCUT2D eigenvalue weighted by Gasteiger charge is -2.28. The first kappa shape index (κ1) is 12.2. The SMILES string of the molecule is CCOC(=O)CCSC1CC2CCC(C1)N2. The van der Waals surface area contributed by atoms with Crippen LogP contribution in [0.15, 0.2) is 0 Å². The van der Waals surface area contributed by atoms with Gasteiger partial charge in [0.25, 0.3) is 0 Å². The average molecular weight is 243 g/mol. The van der Waals surface area contributed by atoms with Gasteiger partial charge in [0, 0.05) is 23.1 Å². The van der Waals surface area contributed by atoms with Gasteiger partial charge in [0.15, 0.2) is 0 Å². The smallest absolute Gasteiger partial charge is 0.306 e. The minimum absolute atomic E-state index is 0.0492. The Morgan fingerprint density at radius 3 is 2.69 bits per heavy atom. The molecule has 2 aliphatic heterocycles. The summed E-state index contributed by atoms with van der Waals surface area (Å²) in [4.78, 5) is 11.2. The number of carbonyl (C=O) groups excluding carboxylic acids is 1. The first-order valence-electron chi connectivity index (χ1n) is 6.31. The van der Waals surface area contributed by atoms with Gasteiger partial charge in [-0.05, 0) is 32.6 Å². The van der Waals surface area contributed by atoms with Gasteiger partial charge in [-0.25, -0.2) is 0 Å². The third kappa shape index (κ3) is 3.39. The Kier molecular flexibility index (Phi) is 4.53. The number of esters is 1. The summed E-state index contributed by atoms with van der Waals surface area (Å²) in [5.41, 5.74) is 0. The fourth-order valence-electron chi connectivity index (χ4n) is 2.68. The van der Waals surface area contributed by atoms with E-state index in [9.17, 15) is 4.79 Å². The van der Waals surface area contributed by atoms with Crippen molar-refractivity contribution < 1.29 is 9.53 Å². The summed E-state index contributed by atoms with van der Waals surface area (Å²) in [6.45, 7) is 2.36. The molecule has 2 rings (SSSR count). The standard InChI is InChI=1S/C12H21NO2S/c1-2-15-12(14)5-6-16-11-7-9-3-4-10(8-11)13-9/h9-11,13H,2-8H2,1H3. The monoisotopic (exact) mass is 243 g/mol. The molecule has 2 aliphatic rings. The molecule has 2 heterocycles. The van der Waals surface area contributed by atoms with E-state index in [2.05, 4.69) is 5.32 Å². The lowest BCUT2D eigenvalue weighted by molar-refractivity contribution is -0.142. The van der Waals surface area contributed by atoms with Crippen molar-refractivity contribution in [2.24, 2.45) is 0 Å². The molecule has 0 aliphatic carbocycles. The van der Waals surface area contributed by atoms with Crippen LogP contribution >= 0.6 is 11.8 Å². The van der Waals surface area contributed by atoms with Crippen molar-refractivity contribution in [3.05, 3.63) is 0 Å². The minimum Gasteiger partial charge on any atom is -0.466 e. The minimum atomic E-state index is -0.0492. The second kappa shape index (κ2) is 5.92. The van der Waals surface area contributed by atoms with Gasteiger partial charge in [0.2, 0.25) is 0 Å². The maximum Gasteiger partial charge on any atom is 0.306 e. The molecular formula is C12H21NO2S. The van der Waals surface area contributed by atoms with Gasteiger partial charge in [-0.3, -0.25) is 4.79 Å². The Balaban J connectivity index is 1.61. The molecule has 2 atom stereocenters. The first-order valence-corrected chi connectivity index (χ1v) is 7.36. The number of fused-ring (bicyclic) bond motifs is 2. The predicted octanol–water partition coefficient (Wildman–Crippen LogP) is 1.96. The molecule has 0 radical (unpaired) electrons. The summed E-state index contributed by atoms with van der Waals surface area (Å²) in [5.74, 6) is 0.870. The number of hydrogen-bond acceptors (Lipinski definition) is 4. The van der Waals surface area contributed by atoms with Crippen molar-refractivity contribution in [2.75, 3.05) is 12.4 Å². The van der Waals surface area contributed by atoms with Crippen LogP contribution in [0.3, 0.4) is 0 Å². The molecule has 0 spiro atoms. The van der Waals surface area contributed by atoms with Crippen LogP contribution in [-0.2, 0) is 9.53 Å². The van der Waals surface area contributed by atoms with E-state index in [4.69, 9.17) is 4.74 Å². The van der Waals surface area contributed by atoms with Crippen LogP contribution in [-0.4, -0.2) is 35.7 Å². The second-order valence-corrected chi connectivity index (χ2v) is 6.07. The summed E-state index contributed by atoms with van der Waals surface area (Å²) in [7, 11) is 0. The first-order chi connectivity index (χ1) is 7.78. The van der Waals surface area contributed by atoms with E-state index in [1.807, 2.05) is 18.7 Å². The normalized spacial score (nSPS) is 32.7. The van der Waals surface area contributed by atoms with Crippen molar-refractivity contribution in [1.29, 1.82) is 0 Å². The molecule has 0 saturated carbocycles. The van der Waals surface area contributed by atoms with Gasteiger partial charge in [0.05, 0.1) is 13.0 Å². The summed E-state index contributed by atoms with van der Waals surface area (Å²) in [5, 5.41) is 4.39. The number of thioether (sulfide) groups is 1. The lowest BCUT2D eigenvalue weighted by atomic mass is 10.1. The Labute approximate surface area is 102 Å². The summed E-state index contributed by atoms with van der Waals surface area (Å²) in [6, 6.07) is 1.50. The van der Waals surface area contributed by atoms with Gasteiger partial charge in [0.1, 0.15) is 0 Å². The summed E-state index contributed by atoms with van der Waals surface area (Å²) < 4.78 is 4.92. The van der Waals surface area contributed by atoms with Gasteiger partial charge in [-0.2, -0.15) is 11.8 Å². The second-order valence-electron chi connectivity index (χ2n) is 4.66. The van der Waals surface area contributed by atoms with Crippen molar-refractivity contribution >= 4 is 17.7 Å². The molecule has 2 bridgehead atoms. The number of rotatable bonds is 5. The molecule has 2 unspecified atom stereocenters. The molecule has 4 heteroatoms. The van der Waals surface area contributed by atoms with Crippen LogP contribution in [0.25, 0.3) is 0 Å². The number of nitrogens with one attached hydrogen (secondary N) is 1. The van der Waals surface area contributed by atoms with Gasteiger partial charge < -0.3 is 10.1 Å². The molecule has 3 nitrogen and oxygen atoms in total. The maximum atomic E-state index is 11.2. The van der Waals surface area contributed by atoms with E-state index in [0.29, 0.717) is 13.0 Å². The van der Waals surface area contributed by atoms with Crippen LogP contribution in [0.2, 0.25) is 0 Å². The number of carbonyl (C=O) groups is 1. The molecule has 0 aromatic heterocycles. The molecule has 1 N–H and O–H groups in total. The van der Waals surface area contributed by atoms with Gasteiger partial charge in [-0.1, -0.05) is 0 Å². The van der Waals surface area contributed by atoms with E-state index in [1.54, 1.807) is 0 Å². The maximum absolute atomic E-state index is 11.2. The fraction of sp³-hybridized carbons (Fsp3) is 0.917. The van der Waals surface area contributed by atoms with E-state index in [1.165, 1.54) is 25.7 Å². The van der Waals surface area contributed by atoms with E-state index in [-0.39, 0.29) is 5.97 Å². The molecule has 0 aromatic rings. The van der Waals surface area contributed by atoms with E-state index >= 15 is 0 Å².